The fourth-order valence-corrected chi connectivity index (χ4v) is 1.84. The molecule has 1 aromatic heterocycles. The Kier molecular flexibility index (Phi) is 3.34. The number of halogens is 2. The lowest BCUT2D eigenvalue weighted by Crippen LogP contribution is -2.13. The Morgan fingerprint density at radius 3 is 2.72 bits per heavy atom. The van der Waals surface area contributed by atoms with Crippen molar-refractivity contribution in [2.24, 2.45) is 0 Å². The zero-order valence-electron chi connectivity index (χ0n) is 9.84. The molecule has 0 radical (unpaired) electrons. The topological polar surface area (TPSA) is 57.8 Å². The second kappa shape index (κ2) is 4.78. The van der Waals surface area contributed by atoms with Gasteiger partial charge in [-0.25, -0.2) is 4.39 Å². The predicted molar refractivity (Wildman–Crippen MR) is 67.4 cm³/mol. The van der Waals surface area contributed by atoms with Crippen LogP contribution in [-0.2, 0) is 0 Å². The third-order valence-electron chi connectivity index (χ3n) is 2.54. The molecule has 2 aromatic rings. The number of nitrogens with zero attached hydrogens (tertiary/aromatic N) is 1. The van der Waals surface area contributed by atoms with E-state index in [1.165, 1.54) is 12.1 Å². The quantitative estimate of drug-likeness (QED) is 0.878. The van der Waals surface area contributed by atoms with Gasteiger partial charge >= 0.3 is 0 Å². The highest BCUT2D eigenvalue weighted by atomic mass is 35.5. The van der Waals surface area contributed by atoms with Crippen molar-refractivity contribution in [1.82, 2.24) is 10.2 Å². The van der Waals surface area contributed by atoms with E-state index >= 15 is 0 Å². The molecule has 18 heavy (non-hydrogen) atoms. The summed E-state index contributed by atoms with van der Waals surface area (Å²) < 4.78 is 12.9. The molecule has 1 heterocycles. The van der Waals surface area contributed by atoms with Crippen LogP contribution in [0.15, 0.2) is 18.2 Å². The van der Waals surface area contributed by atoms with Crippen LogP contribution in [-0.4, -0.2) is 16.1 Å². The van der Waals surface area contributed by atoms with Crippen molar-refractivity contribution in [2.75, 3.05) is 5.32 Å². The number of benzene rings is 1. The zero-order chi connectivity index (χ0) is 13.3. The molecule has 0 aliphatic heterocycles. The average Bonchev–Trinajstić information content (AvgIpc) is 2.60. The number of aryl methyl sites for hydroxylation is 2. The molecule has 94 valence electrons. The summed E-state index contributed by atoms with van der Waals surface area (Å²) >= 11 is 5.82. The number of aromatic amines is 1. The minimum atomic E-state index is -0.479. The number of anilines is 1. The van der Waals surface area contributed by atoms with Gasteiger partial charge in [0.15, 0.2) is 0 Å². The molecule has 2 N–H and O–H groups in total. The maximum Gasteiger partial charge on any atom is 0.257 e. The van der Waals surface area contributed by atoms with Crippen LogP contribution >= 0.6 is 11.6 Å². The van der Waals surface area contributed by atoms with Crippen LogP contribution in [0, 0.1) is 19.7 Å². The maximum absolute atomic E-state index is 12.9. The molecule has 1 amide bonds. The first-order chi connectivity index (χ1) is 8.49. The van der Waals surface area contributed by atoms with Gasteiger partial charge in [-0.05, 0) is 32.0 Å². The first-order valence-electron chi connectivity index (χ1n) is 5.27. The van der Waals surface area contributed by atoms with Gasteiger partial charge in [0.2, 0.25) is 0 Å². The average molecular weight is 268 g/mol. The standard InChI is InChI=1S/C12H11ClFN3O/c1-6-11(7(2)17-16-6)15-12(18)9-4-3-8(14)5-10(9)13/h3-5H,1-2H3,(H,15,18)(H,16,17). The number of carbonyl (C=O) groups is 1. The number of rotatable bonds is 2. The molecule has 0 unspecified atom stereocenters. The summed E-state index contributed by atoms with van der Waals surface area (Å²) in [5, 5.41) is 9.50. The molecule has 4 nitrogen and oxygen atoms in total. The molecule has 0 aliphatic carbocycles. The third-order valence-corrected chi connectivity index (χ3v) is 2.86. The Bertz CT molecular complexity index is 590. The monoisotopic (exact) mass is 267 g/mol. The van der Waals surface area contributed by atoms with Gasteiger partial charge < -0.3 is 5.32 Å². The van der Waals surface area contributed by atoms with Gasteiger partial charge in [-0.1, -0.05) is 11.6 Å². The van der Waals surface area contributed by atoms with Crippen LogP contribution in [0.4, 0.5) is 10.1 Å². The predicted octanol–water partition coefficient (Wildman–Crippen LogP) is 3.07. The molecule has 0 saturated heterocycles. The highest BCUT2D eigenvalue weighted by molar-refractivity contribution is 6.34. The second-order valence-electron chi connectivity index (χ2n) is 3.89. The van der Waals surface area contributed by atoms with Crippen molar-refractivity contribution in [1.29, 1.82) is 0 Å². The highest BCUT2D eigenvalue weighted by Crippen LogP contribution is 2.21. The number of hydrogen-bond donors (Lipinski definition) is 2. The summed E-state index contributed by atoms with van der Waals surface area (Å²) in [4.78, 5) is 12.0. The minimum Gasteiger partial charge on any atom is -0.319 e. The van der Waals surface area contributed by atoms with Crippen LogP contribution < -0.4 is 5.32 Å². The molecular formula is C12H11ClFN3O. The summed E-state index contributed by atoms with van der Waals surface area (Å²) in [5.41, 5.74) is 2.26. The summed E-state index contributed by atoms with van der Waals surface area (Å²) in [6.45, 7) is 3.56. The lowest BCUT2D eigenvalue weighted by molar-refractivity contribution is 0.102. The van der Waals surface area contributed by atoms with Crippen molar-refractivity contribution in [3.05, 3.63) is 46.0 Å². The summed E-state index contributed by atoms with van der Waals surface area (Å²) in [6.07, 6.45) is 0. The van der Waals surface area contributed by atoms with Gasteiger partial charge in [-0.3, -0.25) is 9.89 Å². The van der Waals surface area contributed by atoms with Gasteiger partial charge in [0.25, 0.3) is 5.91 Å². The maximum atomic E-state index is 12.9. The Labute approximate surface area is 108 Å². The van der Waals surface area contributed by atoms with E-state index < -0.39 is 11.7 Å². The highest BCUT2D eigenvalue weighted by Gasteiger charge is 2.14. The normalized spacial score (nSPS) is 10.4. The van der Waals surface area contributed by atoms with Gasteiger partial charge in [-0.2, -0.15) is 5.10 Å². The van der Waals surface area contributed by atoms with Gasteiger partial charge in [0.1, 0.15) is 5.82 Å². The molecule has 0 aliphatic rings. The molecule has 2 rings (SSSR count). The molecule has 1 aromatic carbocycles. The second-order valence-corrected chi connectivity index (χ2v) is 4.29. The van der Waals surface area contributed by atoms with E-state index in [-0.39, 0.29) is 10.6 Å². The first-order valence-corrected chi connectivity index (χ1v) is 5.65. The van der Waals surface area contributed by atoms with Crippen molar-refractivity contribution in [2.45, 2.75) is 13.8 Å². The van der Waals surface area contributed by atoms with E-state index in [0.29, 0.717) is 11.4 Å². The molecule has 0 fully saturated rings. The summed E-state index contributed by atoms with van der Waals surface area (Å²) in [6, 6.07) is 3.64. The molecule has 0 atom stereocenters. The van der Waals surface area contributed by atoms with Crippen LogP contribution in [0.5, 0.6) is 0 Å². The Morgan fingerprint density at radius 1 is 1.44 bits per heavy atom. The lowest BCUT2D eigenvalue weighted by atomic mass is 10.2. The van der Waals surface area contributed by atoms with Crippen LogP contribution in [0.3, 0.4) is 0 Å². The van der Waals surface area contributed by atoms with E-state index in [0.717, 1.165) is 11.8 Å². The van der Waals surface area contributed by atoms with Crippen molar-refractivity contribution >= 4 is 23.2 Å². The Hall–Kier alpha value is -1.88. The third kappa shape index (κ3) is 2.36. The van der Waals surface area contributed by atoms with Crippen molar-refractivity contribution in [3.63, 3.8) is 0 Å². The van der Waals surface area contributed by atoms with Crippen molar-refractivity contribution < 1.29 is 9.18 Å². The van der Waals surface area contributed by atoms with E-state index in [1.807, 2.05) is 0 Å². The van der Waals surface area contributed by atoms with Crippen LogP contribution in [0.1, 0.15) is 21.7 Å². The molecule has 0 bridgehead atoms. The van der Waals surface area contributed by atoms with E-state index in [9.17, 15) is 9.18 Å². The SMILES string of the molecule is Cc1n[nH]c(C)c1NC(=O)c1ccc(F)cc1Cl. The van der Waals surface area contributed by atoms with E-state index in [2.05, 4.69) is 15.5 Å². The summed E-state index contributed by atoms with van der Waals surface area (Å²) in [7, 11) is 0. The lowest BCUT2D eigenvalue weighted by Gasteiger charge is -2.06. The molecule has 6 heteroatoms. The van der Waals surface area contributed by atoms with Gasteiger partial charge in [-0.15, -0.1) is 0 Å². The Morgan fingerprint density at radius 2 is 2.17 bits per heavy atom. The number of nitrogens with one attached hydrogen (secondary N) is 2. The number of carbonyl (C=O) groups excluding carboxylic acids is 1. The smallest absolute Gasteiger partial charge is 0.257 e. The van der Waals surface area contributed by atoms with Crippen LogP contribution in [0.2, 0.25) is 5.02 Å². The van der Waals surface area contributed by atoms with Gasteiger partial charge in [0, 0.05) is 0 Å². The van der Waals surface area contributed by atoms with Gasteiger partial charge in [0.05, 0.1) is 27.7 Å². The first kappa shape index (κ1) is 12.6. The Balaban J connectivity index is 2.28. The number of H-pyrrole nitrogens is 1. The van der Waals surface area contributed by atoms with E-state index in [1.54, 1.807) is 13.8 Å². The molecular weight excluding hydrogens is 257 g/mol. The minimum absolute atomic E-state index is 0.0753. The summed E-state index contributed by atoms with van der Waals surface area (Å²) in [5.74, 6) is -0.875. The van der Waals surface area contributed by atoms with E-state index in [4.69, 9.17) is 11.6 Å². The van der Waals surface area contributed by atoms with Crippen molar-refractivity contribution in [3.8, 4) is 0 Å². The fourth-order valence-electron chi connectivity index (χ4n) is 1.59. The number of aromatic nitrogens is 2. The number of hydrogen-bond acceptors (Lipinski definition) is 2. The fraction of sp³-hybridized carbons (Fsp3) is 0.167. The van der Waals surface area contributed by atoms with Crippen LogP contribution in [0.25, 0.3) is 0 Å². The largest absolute Gasteiger partial charge is 0.319 e. The number of amides is 1. The zero-order valence-corrected chi connectivity index (χ0v) is 10.6. The molecule has 0 spiro atoms. The molecule has 0 saturated carbocycles.